The number of halogens is 4. The number of ether oxygens (including phenoxy) is 1. The van der Waals surface area contributed by atoms with Crippen molar-refractivity contribution < 1.29 is 27.5 Å². The van der Waals surface area contributed by atoms with Crippen molar-refractivity contribution in [1.29, 1.82) is 0 Å². The van der Waals surface area contributed by atoms with Crippen LogP contribution in [0, 0.1) is 0 Å². The molecule has 0 spiro atoms. The highest BCUT2D eigenvalue weighted by molar-refractivity contribution is 9.10. The number of amides is 1. The van der Waals surface area contributed by atoms with E-state index in [9.17, 15) is 22.8 Å². The molecule has 0 atom stereocenters. The minimum atomic E-state index is -4.60. The first kappa shape index (κ1) is 24.9. The van der Waals surface area contributed by atoms with Gasteiger partial charge in [-0.2, -0.15) is 23.3 Å². The number of benzene rings is 3. The first-order valence-corrected chi connectivity index (χ1v) is 10.7. The fourth-order valence-corrected chi connectivity index (χ4v) is 3.19. The summed E-state index contributed by atoms with van der Waals surface area (Å²) in [6.07, 6.45) is -0.614. The third kappa shape index (κ3) is 7.41. The summed E-state index contributed by atoms with van der Waals surface area (Å²) in [7, 11) is 0. The Hall–Kier alpha value is -3.72. The maximum Gasteiger partial charge on any atom is 0.416 e. The first-order valence-electron chi connectivity index (χ1n) is 9.92. The van der Waals surface area contributed by atoms with Gasteiger partial charge < -0.3 is 4.74 Å². The summed E-state index contributed by atoms with van der Waals surface area (Å²) < 4.78 is 45.3. The van der Waals surface area contributed by atoms with Gasteiger partial charge in [-0.3, -0.25) is 4.79 Å². The summed E-state index contributed by atoms with van der Waals surface area (Å²) in [5.41, 5.74) is 0.302. The third-order valence-electron chi connectivity index (χ3n) is 4.37. The van der Waals surface area contributed by atoms with Gasteiger partial charge in [0.05, 0.1) is 17.5 Å². The van der Waals surface area contributed by atoms with Crippen molar-refractivity contribution in [2.45, 2.75) is 6.18 Å². The van der Waals surface area contributed by atoms with E-state index in [2.05, 4.69) is 21.0 Å². The highest BCUT2D eigenvalue weighted by Crippen LogP contribution is 2.31. The zero-order valence-electron chi connectivity index (χ0n) is 17.6. The molecule has 0 unspecified atom stereocenters. The standard InChI is InChI=1S/C25H18BrF3N2O3/c26-21-10-4-8-18(14-21)12-13-24(33)34-17-23(32)31(30-16-19-6-2-1-3-7-19)22-11-5-9-20(15-22)25(27,28)29/h1-16H,17H2. The molecule has 0 saturated carbocycles. The summed E-state index contributed by atoms with van der Waals surface area (Å²) in [6.45, 7) is -0.718. The van der Waals surface area contributed by atoms with Crippen molar-refractivity contribution in [2.24, 2.45) is 5.10 Å². The number of hydrogen-bond donors (Lipinski definition) is 0. The molecule has 34 heavy (non-hydrogen) atoms. The van der Waals surface area contributed by atoms with E-state index in [0.717, 1.165) is 33.3 Å². The van der Waals surface area contributed by atoms with Crippen LogP contribution in [-0.2, 0) is 20.5 Å². The van der Waals surface area contributed by atoms with E-state index in [4.69, 9.17) is 4.74 Å². The van der Waals surface area contributed by atoms with Crippen LogP contribution in [0.25, 0.3) is 6.08 Å². The monoisotopic (exact) mass is 530 g/mol. The molecule has 0 fully saturated rings. The third-order valence-corrected chi connectivity index (χ3v) is 4.87. The summed E-state index contributed by atoms with van der Waals surface area (Å²) >= 11 is 3.32. The number of alkyl halides is 3. The molecule has 0 aliphatic carbocycles. The van der Waals surface area contributed by atoms with Gasteiger partial charge >= 0.3 is 12.1 Å². The number of rotatable bonds is 7. The Bertz CT molecular complexity index is 1210. The fraction of sp³-hybridized carbons (Fsp3) is 0.0800. The molecule has 0 aromatic heterocycles. The number of anilines is 1. The topological polar surface area (TPSA) is 59.0 Å². The minimum Gasteiger partial charge on any atom is -0.452 e. The molecular weight excluding hydrogens is 513 g/mol. The van der Waals surface area contributed by atoms with Crippen LogP contribution in [0.15, 0.2) is 94.5 Å². The van der Waals surface area contributed by atoms with Crippen molar-refractivity contribution >= 4 is 45.8 Å². The van der Waals surface area contributed by atoms with Gasteiger partial charge in [0, 0.05) is 10.5 Å². The van der Waals surface area contributed by atoms with Gasteiger partial charge in [-0.15, -0.1) is 0 Å². The maximum absolute atomic E-state index is 13.2. The molecule has 0 bridgehead atoms. The highest BCUT2D eigenvalue weighted by atomic mass is 79.9. The van der Waals surface area contributed by atoms with E-state index in [1.54, 1.807) is 48.5 Å². The molecule has 9 heteroatoms. The lowest BCUT2D eigenvalue weighted by atomic mass is 10.2. The molecule has 174 valence electrons. The van der Waals surface area contributed by atoms with E-state index in [0.29, 0.717) is 5.56 Å². The van der Waals surface area contributed by atoms with E-state index < -0.39 is 30.2 Å². The summed E-state index contributed by atoms with van der Waals surface area (Å²) in [4.78, 5) is 24.8. The minimum absolute atomic E-state index is 0.118. The van der Waals surface area contributed by atoms with Gasteiger partial charge in [-0.05, 0) is 47.5 Å². The number of carbonyl (C=O) groups excluding carboxylic acids is 2. The number of carbonyl (C=O) groups is 2. The van der Waals surface area contributed by atoms with Crippen LogP contribution >= 0.6 is 15.9 Å². The molecule has 3 aromatic carbocycles. The Kier molecular flexibility index (Phi) is 8.37. The van der Waals surface area contributed by atoms with Crippen molar-refractivity contribution in [2.75, 3.05) is 11.6 Å². The molecule has 0 N–H and O–H groups in total. The number of esters is 1. The normalized spacial score (nSPS) is 11.6. The second-order valence-corrected chi connectivity index (χ2v) is 7.82. The number of hydrogen-bond acceptors (Lipinski definition) is 4. The Balaban J connectivity index is 1.76. The predicted molar refractivity (Wildman–Crippen MR) is 127 cm³/mol. The second-order valence-electron chi connectivity index (χ2n) is 6.90. The average molecular weight is 531 g/mol. The first-order chi connectivity index (χ1) is 16.2. The van der Waals surface area contributed by atoms with Crippen molar-refractivity contribution in [3.63, 3.8) is 0 Å². The Morgan fingerprint density at radius 2 is 1.65 bits per heavy atom. The average Bonchev–Trinajstić information content (AvgIpc) is 2.82. The van der Waals surface area contributed by atoms with Gasteiger partial charge in [-0.1, -0.05) is 64.5 Å². The smallest absolute Gasteiger partial charge is 0.416 e. The van der Waals surface area contributed by atoms with Gasteiger partial charge in [0.15, 0.2) is 6.61 Å². The molecule has 5 nitrogen and oxygen atoms in total. The molecule has 0 aliphatic rings. The van der Waals surface area contributed by atoms with E-state index in [1.807, 2.05) is 6.07 Å². The SMILES string of the molecule is O=C(C=Cc1cccc(Br)c1)OCC(=O)N(N=Cc1ccccc1)c1cccc(C(F)(F)F)c1. The molecule has 0 saturated heterocycles. The quantitative estimate of drug-likeness (QED) is 0.161. The lowest BCUT2D eigenvalue weighted by Crippen LogP contribution is -2.30. The number of hydrazone groups is 1. The van der Waals surface area contributed by atoms with Crippen molar-refractivity contribution in [3.05, 3.63) is 106 Å². The van der Waals surface area contributed by atoms with Crippen LogP contribution in [0.5, 0.6) is 0 Å². The molecule has 0 heterocycles. The zero-order chi connectivity index (χ0) is 24.6. The molecule has 1 amide bonds. The number of nitrogens with zero attached hydrogens (tertiary/aromatic N) is 2. The van der Waals surface area contributed by atoms with Crippen molar-refractivity contribution in [3.8, 4) is 0 Å². The van der Waals surface area contributed by atoms with Crippen molar-refractivity contribution in [1.82, 2.24) is 0 Å². The van der Waals surface area contributed by atoms with Crippen LogP contribution in [0.4, 0.5) is 18.9 Å². The van der Waals surface area contributed by atoms with Gasteiger partial charge in [-0.25, -0.2) is 4.79 Å². The highest BCUT2D eigenvalue weighted by Gasteiger charge is 2.31. The fourth-order valence-electron chi connectivity index (χ4n) is 2.77. The molecule has 0 radical (unpaired) electrons. The van der Waals surface area contributed by atoms with Gasteiger partial charge in [0.2, 0.25) is 0 Å². The molecule has 0 aliphatic heterocycles. The van der Waals surface area contributed by atoms with E-state index >= 15 is 0 Å². The summed E-state index contributed by atoms with van der Waals surface area (Å²) in [6, 6.07) is 20.0. The van der Waals surface area contributed by atoms with Gasteiger partial charge in [0.1, 0.15) is 0 Å². The Morgan fingerprint density at radius 3 is 2.35 bits per heavy atom. The van der Waals surface area contributed by atoms with Crippen LogP contribution in [0.2, 0.25) is 0 Å². The van der Waals surface area contributed by atoms with Crippen LogP contribution in [0.3, 0.4) is 0 Å². The lowest BCUT2D eigenvalue weighted by molar-refractivity contribution is -0.142. The lowest BCUT2D eigenvalue weighted by Gasteiger charge is -2.18. The van der Waals surface area contributed by atoms with Crippen LogP contribution in [0.1, 0.15) is 16.7 Å². The zero-order valence-corrected chi connectivity index (χ0v) is 19.2. The van der Waals surface area contributed by atoms with E-state index in [1.165, 1.54) is 24.4 Å². The molecule has 3 aromatic rings. The summed E-state index contributed by atoms with van der Waals surface area (Å²) in [5.74, 6) is -1.61. The van der Waals surface area contributed by atoms with Gasteiger partial charge in [0.25, 0.3) is 5.91 Å². The maximum atomic E-state index is 13.2. The van der Waals surface area contributed by atoms with Crippen LogP contribution < -0.4 is 5.01 Å². The largest absolute Gasteiger partial charge is 0.452 e. The van der Waals surface area contributed by atoms with E-state index in [-0.39, 0.29) is 5.69 Å². The van der Waals surface area contributed by atoms with Crippen LogP contribution in [-0.4, -0.2) is 24.7 Å². The Labute approximate surface area is 202 Å². The molecule has 3 rings (SSSR count). The second kappa shape index (κ2) is 11.4. The summed E-state index contributed by atoms with van der Waals surface area (Å²) in [5, 5.41) is 4.82. The molecular formula is C25H18BrF3N2O3. The Morgan fingerprint density at radius 1 is 0.941 bits per heavy atom. The predicted octanol–water partition coefficient (Wildman–Crippen LogP) is 6.09.